The Morgan fingerprint density at radius 1 is 1.25 bits per heavy atom. The average Bonchev–Trinajstić information content (AvgIpc) is 2.88. The number of hydrogen-bond donors (Lipinski definition) is 1. The Morgan fingerprint density at radius 2 is 2.05 bits per heavy atom. The third-order valence-electron chi connectivity index (χ3n) is 3.20. The lowest BCUT2D eigenvalue weighted by Gasteiger charge is -2.25. The summed E-state index contributed by atoms with van der Waals surface area (Å²) in [5, 5.41) is 7.40. The second-order valence-electron chi connectivity index (χ2n) is 4.67. The fourth-order valence-electron chi connectivity index (χ4n) is 2.16. The molecule has 0 saturated carbocycles. The summed E-state index contributed by atoms with van der Waals surface area (Å²) in [6.45, 7) is 4.81. The smallest absolute Gasteiger partial charge is 0.259 e. The zero-order chi connectivity index (χ0) is 13.9. The van der Waals surface area contributed by atoms with Crippen LogP contribution < -0.4 is 5.32 Å². The van der Waals surface area contributed by atoms with Crippen LogP contribution in [0, 0.1) is 0 Å². The predicted molar refractivity (Wildman–Crippen MR) is 83.3 cm³/mol. The van der Waals surface area contributed by atoms with Crippen molar-refractivity contribution in [2.75, 3.05) is 26.2 Å². The highest BCUT2D eigenvalue weighted by Gasteiger charge is 2.16. The van der Waals surface area contributed by atoms with Crippen LogP contribution >= 0.6 is 31.9 Å². The summed E-state index contributed by atoms with van der Waals surface area (Å²) < 4.78 is 7.31. The monoisotopic (exact) mass is 400 g/mol. The van der Waals surface area contributed by atoms with Gasteiger partial charge in [0, 0.05) is 35.1 Å². The number of aromatic nitrogens is 2. The van der Waals surface area contributed by atoms with Crippen molar-refractivity contribution >= 4 is 31.9 Å². The molecule has 1 aliphatic heterocycles. The molecule has 0 aliphatic carbocycles. The van der Waals surface area contributed by atoms with Gasteiger partial charge in [0.1, 0.15) is 0 Å². The maximum Gasteiger partial charge on any atom is 0.259 e. The minimum Gasteiger partial charge on any atom is -0.334 e. The van der Waals surface area contributed by atoms with Crippen molar-refractivity contribution in [2.45, 2.75) is 6.54 Å². The molecule has 0 atom stereocenters. The number of rotatable bonds is 3. The Bertz CT molecular complexity index is 596. The summed E-state index contributed by atoms with van der Waals surface area (Å²) in [7, 11) is 0. The Balaban J connectivity index is 1.75. The molecule has 0 radical (unpaired) electrons. The maximum absolute atomic E-state index is 5.36. The molecule has 0 amide bonds. The summed E-state index contributed by atoms with van der Waals surface area (Å²) in [5.74, 6) is 1.28. The van der Waals surface area contributed by atoms with Crippen molar-refractivity contribution in [3.05, 3.63) is 33.0 Å². The van der Waals surface area contributed by atoms with Gasteiger partial charge in [0.25, 0.3) is 5.89 Å². The summed E-state index contributed by atoms with van der Waals surface area (Å²) in [6.07, 6.45) is 0. The molecule has 2 aromatic rings. The third kappa shape index (κ3) is 3.28. The topological polar surface area (TPSA) is 54.2 Å². The Morgan fingerprint density at radius 3 is 2.80 bits per heavy atom. The normalized spacial score (nSPS) is 16.5. The second kappa shape index (κ2) is 6.34. The molecule has 1 aliphatic rings. The van der Waals surface area contributed by atoms with E-state index in [2.05, 4.69) is 52.2 Å². The van der Waals surface area contributed by atoms with Gasteiger partial charge < -0.3 is 9.84 Å². The molecular weight excluding hydrogens is 388 g/mol. The minimum atomic E-state index is 0.550. The summed E-state index contributed by atoms with van der Waals surface area (Å²) in [4.78, 5) is 6.80. The highest BCUT2D eigenvalue weighted by atomic mass is 79.9. The molecule has 20 heavy (non-hydrogen) atoms. The van der Waals surface area contributed by atoms with Gasteiger partial charge in [0.2, 0.25) is 0 Å². The number of halogens is 2. The number of piperazine rings is 1. The van der Waals surface area contributed by atoms with Crippen molar-refractivity contribution < 1.29 is 4.52 Å². The summed E-state index contributed by atoms with van der Waals surface area (Å²) >= 11 is 6.95. The van der Waals surface area contributed by atoms with Gasteiger partial charge in [-0.05, 0) is 34.1 Å². The van der Waals surface area contributed by atoms with Crippen LogP contribution in [0.2, 0.25) is 0 Å². The fourth-order valence-corrected chi connectivity index (χ4v) is 3.38. The van der Waals surface area contributed by atoms with E-state index in [1.165, 1.54) is 0 Å². The maximum atomic E-state index is 5.36. The molecule has 3 rings (SSSR count). The van der Waals surface area contributed by atoms with Crippen LogP contribution in [0.25, 0.3) is 11.5 Å². The molecule has 1 N–H and O–H groups in total. The van der Waals surface area contributed by atoms with Crippen LogP contribution in [0.1, 0.15) is 5.82 Å². The molecule has 0 unspecified atom stereocenters. The molecule has 1 saturated heterocycles. The molecule has 5 nitrogen and oxygen atoms in total. The lowest BCUT2D eigenvalue weighted by Crippen LogP contribution is -2.43. The molecule has 7 heteroatoms. The Hall–Kier alpha value is -0.760. The van der Waals surface area contributed by atoms with Crippen LogP contribution in [0.4, 0.5) is 0 Å². The zero-order valence-corrected chi connectivity index (χ0v) is 13.9. The number of nitrogens with zero attached hydrogens (tertiary/aromatic N) is 3. The molecule has 2 heterocycles. The molecule has 106 valence electrons. The first kappa shape index (κ1) is 14.2. The quantitative estimate of drug-likeness (QED) is 0.856. The number of nitrogens with one attached hydrogen (secondary N) is 1. The van der Waals surface area contributed by atoms with Crippen molar-refractivity contribution in [1.82, 2.24) is 20.4 Å². The van der Waals surface area contributed by atoms with Gasteiger partial charge in [-0.2, -0.15) is 4.98 Å². The standard InChI is InChI=1S/C13H14Br2N4O/c14-9-1-2-10(11(15)7-9)13-17-12(18-20-13)8-19-5-3-16-4-6-19/h1-2,7,16H,3-6,8H2. The lowest BCUT2D eigenvalue weighted by molar-refractivity contribution is 0.225. The highest BCUT2D eigenvalue weighted by molar-refractivity contribution is 9.11. The Kier molecular flexibility index (Phi) is 4.50. The predicted octanol–water partition coefficient (Wildman–Crippen LogP) is 2.67. The van der Waals surface area contributed by atoms with E-state index in [0.29, 0.717) is 5.89 Å². The van der Waals surface area contributed by atoms with Gasteiger partial charge in [-0.15, -0.1) is 0 Å². The first-order chi connectivity index (χ1) is 9.72. The van der Waals surface area contributed by atoms with Gasteiger partial charge in [0.05, 0.1) is 12.1 Å². The SMILES string of the molecule is Brc1ccc(-c2nc(CN3CCNCC3)no2)c(Br)c1. The first-order valence-electron chi connectivity index (χ1n) is 6.43. The van der Waals surface area contributed by atoms with E-state index < -0.39 is 0 Å². The van der Waals surface area contributed by atoms with Crippen molar-refractivity contribution in [3.8, 4) is 11.5 Å². The van der Waals surface area contributed by atoms with E-state index in [4.69, 9.17) is 4.52 Å². The fraction of sp³-hybridized carbons (Fsp3) is 0.385. The van der Waals surface area contributed by atoms with Crippen molar-refractivity contribution in [1.29, 1.82) is 0 Å². The lowest BCUT2D eigenvalue weighted by atomic mass is 10.2. The average molecular weight is 402 g/mol. The molecule has 1 aromatic carbocycles. The van der Waals surface area contributed by atoms with Gasteiger partial charge in [0.15, 0.2) is 5.82 Å². The molecule has 0 spiro atoms. The van der Waals surface area contributed by atoms with E-state index in [-0.39, 0.29) is 0 Å². The summed E-state index contributed by atoms with van der Waals surface area (Å²) in [6, 6.07) is 5.88. The number of hydrogen-bond acceptors (Lipinski definition) is 5. The van der Waals surface area contributed by atoms with E-state index in [1.54, 1.807) is 0 Å². The zero-order valence-electron chi connectivity index (χ0n) is 10.8. The van der Waals surface area contributed by atoms with Crippen molar-refractivity contribution in [2.24, 2.45) is 0 Å². The van der Waals surface area contributed by atoms with E-state index in [0.717, 1.165) is 53.1 Å². The van der Waals surface area contributed by atoms with Crippen LogP contribution in [0.5, 0.6) is 0 Å². The summed E-state index contributed by atoms with van der Waals surface area (Å²) in [5.41, 5.74) is 0.910. The van der Waals surface area contributed by atoms with Crippen LogP contribution in [0.15, 0.2) is 31.7 Å². The Labute approximate surface area is 134 Å². The molecule has 1 aromatic heterocycles. The molecule has 1 fully saturated rings. The molecular formula is C13H14Br2N4O. The van der Waals surface area contributed by atoms with Gasteiger partial charge in [-0.3, -0.25) is 4.90 Å². The molecule has 0 bridgehead atoms. The van der Waals surface area contributed by atoms with Gasteiger partial charge >= 0.3 is 0 Å². The number of benzene rings is 1. The van der Waals surface area contributed by atoms with Crippen molar-refractivity contribution in [3.63, 3.8) is 0 Å². The minimum absolute atomic E-state index is 0.550. The van der Waals surface area contributed by atoms with E-state index >= 15 is 0 Å². The first-order valence-corrected chi connectivity index (χ1v) is 8.02. The largest absolute Gasteiger partial charge is 0.334 e. The van der Waals surface area contributed by atoms with Gasteiger partial charge in [-0.1, -0.05) is 21.1 Å². The van der Waals surface area contributed by atoms with Gasteiger partial charge in [-0.25, -0.2) is 0 Å². The van der Waals surface area contributed by atoms with E-state index in [1.807, 2.05) is 18.2 Å². The van der Waals surface area contributed by atoms with Crippen LogP contribution in [0.3, 0.4) is 0 Å². The second-order valence-corrected chi connectivity index (χ2v) is 6.44. The van der Waals surface area contributed by atoms with Crippen LogP contribution in [-0.4, -0.2) is 41.2 Å². The highest BCUT2D eigenvalue weighted by Crippen LogP contribution is 2.29. The van der Waals surface area contributed by atoms with E-state index in [9.17, 15) is 0 Å². The third-order valence-corrected chi connectivity index (χ3v) is 4.35. The van der Waals surface area contributed by atoms with Crippen LogP contribution in [-0.2, 0) is 6.54 Å².